The van der Waals surface area contributed by atoms with Crippen molar-refractivity contribution in [2.45, 2.75) is 20.8 Å². The third-order valence-corrected chi connectivity index (χ3v) is 5.43. The van der Waals surface area contributed by atoms with Crippen LogP contribution >= 0.6 is 11.3 Å². The third-order valence-electron chi connectivity index (χ3n) is 4.50. The van der Waals surface area contributed by atoms with Gasteiger partial charge >= 0.3 is 0 Å². The minimum atomic E-state index is 0.540. The van der Waals surface area contributed by atoms with Gasteiger partial charge in [-0.05, 0) is 44.5 Å². The molecule has 0 aliphatic carbocycles. The molecule has 27 heavy (non-hydrogen) atoms. The summed E-state index contributed by atoms with van der Waals surface area (Å²) in [6.45, 7) is 6.09. The molecule has 0 fully saturated rings. The van der Waals surface area contributed by atoms with E-state index in [9.17, 15) is 0 Å². The summed E-state index contributed by atoms with van der Waals surface area (Å²) in [6.07, 6.45) is 0. The Morgan fingerprint density at radius 2 is 1.81 bits per heavy atom. The number of fused-ring (bicyclic) bond motifs is 2. The highest BCUT2D eigenvalue weighted by atomic mass is 32.1. The summed E-state index contributed by atoms with van der Waals surface area (Å²) in [5.74, 6) is 1.24. The van der Waals surface area contributed by atoms with Gasteiger partial charge < -0.3 is 5.32 Å². The first-order valence-corrected chi connectivity index (χ1v) is 9.48. The van der Waals surface area contributed by atoms with E-state index >= 15 is 0 Å². The molecule has 0 radical (unpaired) electrons. The molecule has 0 saturated carbocycles. The van der Waals surface area contributed by atoms with Gasteiger partial charge in [0.2, 0.25) is 10.9 Å². The predicted octanol–water partition coefficient (Wildman–Crippen LogP) is 4.19. The van der Waals surface area contributed by atoms with Gasteiger partial charge in [-0.25, -0.2) is 14.2 Å². The summed E-state index contributed by atoms with van der Waals surface area (Å²) in [7, 11) is 0. The average molecular weight is 375 g/mol. The molecular weight excluding hydrogens is 358 g/mol. The lowest BCUT2D eigenvalue weighted by Crippen LogP contribution is -2.01. The van der Waals surface area contributed by atoms with Gasteiger partial charge in [-0.3, -0.25) is 0 Å². The lowest BCUT2D eigenvalue weighted by molar-refractivity contribution is 0.878. The molecule has 0 bridgehead atoms. The summed E-state index contributed by atoms with van der Waals surface area (Å²) in [4.78, 5) is 10.2. The number of aryl methyl sites for hydroxylation is 3. The van der Waals surface area contributed by atoms with Crippen molar-refractivity contribution in [2.24, 2.45) is 0 Å². The van der Waals surface area contributed by atoms with E-state index in [0.717, 1.165) is 38.6 Å². The molecule has 0 aliphatic heterocycles. The number of pyridine rings is 1. The molecule has 0 saturated heterocycles. The van der Waals surface area contributed by atoms with E-state index in [1.807, 2.05) is 64.8 Å². The van der Waals surface area contributed by atoms with Crippen LogP contribution in [0.5, 0.6) is 0 Å². The predicted molar refractivity (Wildman–Crippen MR) is 107 cm³/mol. The Labute approximate surface area is 159 Å². The molecule has 4 heterocycles. The van der Waals surface area contributed by atoms with E-state index < -0.39 is 0 Å². The zero-order valence-electron chi connectivity index (χ0n) is 15.1. The quantitative estimate of drug-likeness (QED) is 0.512. The van der Waals surface area contributed by atoms with Crippen molar-refractivity contribution in [1.82, 2.24) is 29.4 Å². The van der Waals surface area contributed by atoms with Crippen LogP contribution in [0.25, 0.3) is 21.7 Å². The normalized spacial score (nSPS) is 11.5. The van der Waals surface area contributed by atoms with Gasteiger partial charge in [0.15, 0.2) is 5.65 Å². The molecule has 7 nitrogen and oxygen atoms in total. The van der Waals surface area contributed by atoms with Gasteiger partial charge in [-0.15, -0.1) is 16.4 Å². The molecular formula is C19H17N7S. The van der Waals surface area contributed by atoms with Crippen molar-refractivity contribution in [1.29, 1.82) is 0 Å². The number of nitrogens with zero attached hydrogens (tertiary/aromatic N) is 6. The Morgan fingerprint density at radius 3 is 2.59 bits per heavy atom. The summed E-state index contributed by atoms with van der Waals surface area (Å²) >= 11 is 1.57. The summed E-state index contributed by atoms with van der Waals surface area (Å²) in [5, 5.41) is 15.5. The van der Waals surface area contributed by atoms with Crippen LogP contribution in [0, 0.1) is 20.8 Å². The first-order chi connectivity index (χ1) is 13.1. The lowest BCUT2D eigenvalue weighted by Gasteiger charge is -2.06. The van der Waals surface area contributed by atoms with Gasteiger partial charge in [0.05, 0.1) is 17.1 Å². The van der Waals surface area contributed by atoms with E-state index in [2.05, 4.69) is 22.3 Å². The number of para-hydroxylation sites is 1. The van der Waals surface area contributed by atoms with Crippen LogP contribution in [0.3, 0.4) is 0 Å². The summed E-state index contributed by atoms with van der Waals surface area (Å²) < 4.78 is 3.71. The Bertz CT molecular complexity index is 1280. The molecule has 8 heteroatoms. The largest absolute Gasteiger partial charge is 0.307 e. The Balaban J connectivity index is 1.63. The molecule has 0 unspecified atom stereocenters. The van der Waals surface area contributed by atoms with Gasteiger partial charge in [0, 0.05) is 10.8 Å². The van der Waals surface area contributed by atoms with E-state index in [-0.39, 0.29) is 0 Å². The summed E-state index contributed by atoms with van der Waals surface area (Å²) in [5.41, 5.74) is 4.93. The maximum atomic E-state index is 4.81. The molecule has 4 aromatic heterocycles. The van der Waals surface area contributed by atoms with Gasteiger partial charge in [-0.1, -0.05) is 18.2 Å². The van der Waals surface area contributed by atoms with Crippen LogP contribution in [0.1, 0.15) is 17.0 Å². The SMILES string of the molecule is Cc1cc(Nc2nc3scc(C)n3n2)nc2c1c(C)nn2-c1ccccc1. The maximum Gasteiger partial charge on any atom is 0.249 e. The molecule has 1 N–H and O–H groups in total. The van der Waals surface area contributed by atoms with Crippen molar-refractivity contribution >= 4 is 39.1 Å². The molecule has 5 aromatic rings. The van der Waals surface area contributed by atoms with E-state index in [0.29, 0.717) is 11.8 Å². The smallest absolute Gasteiger partial charge is 0.249 e. The highest BCUT2D eigenvalue weighted by Gasteiger charge is 2.15. The topological polar surface area (TPSA) is 72.9 Å². The zero-order chi connectivity index (χ0) is 18.5. The minimum Gasteiger partial charge on any atom is -0.307 e. The third kappa shape index (κ3) is 2.57. The molecule has 0 amide bonds. The van der Waals surface area contributed by atoms with E-state index in [1.54, 1.807) is 11.3 Å². The maximum absolute atomic E-state index is 4.81. The van der Waals surface area contributed by atoms with E-state index in [4.69, 9.17) is 10.1 Å². The van der Waals surface area contributed by atoms with Crippen molar-refractivity contribution in [3.8, 4) is 5.69 Å². The second-order valence-electron chi connectivity index (χ2n) is 6.49. The van der Waals surface area contributed by atoms with Crippen molar-refractivity contribution in [2.75, 3.05) is 5.32 Å². The van der Waals surface area contributed by atoms with Gasteiger partial charge in [0.25, 0.3) is 0 Å². The average Bonchev–Trinajstić information content (AvgIpc) is 3.31. The molecule has 134 valence electrons. The van der Waals surface area contributed by atoms with Crippen LogP contribution in [0.2, 0.25) is 0 Å². The van der Waals surface area contributed by atoms with Crippen LogP contribution < -0.4 is 5.32 Å². The molecule has 5 rings (SSSR count). The van der Waals surface area contributed by atoms with Crippen LogP contribution in [0.15, 0.2) is 41.8 Å². The number of rotatable bonds is 3. The van der Waals surface area contributed by atoms with Crippen molar-refractivity contribution < 1.29 is 0 Å². The minimum absolute atomic E-state index is 0.540. The standard InChI is InChI=1S/C19H17N7S/c1-11-9-15(21-18-22-19-25(24-18)12(2)10-27-19)20-17-16(11)13(3)23-26(17)14-7-5-4-6-8-14/h4-10H,1-3H3,(H,20,21,24). The second kappa shape index (κ2) is 5.88. The number of aromatic nitrogens is 6. The molecule has 1 aromatic carbocycles. The molecule has 0 spiro atoms. The highest BCUT2D eigenvalue weighted by Crippen LogP contribution is 2.27. The van der Waals surface area contributed by atoms with Crippen molar-refractivity contribution in [3.63, 3.8) is 0 Å². The number of nitrogens with one attached hydrogen (secondary N) is 1. The van der Waals surface area contributed by atoms with Crippen LogP contribution in [-0.4, -0.2) is 29.4 Å². The van der Waals surface area contributed by atoms with Crippen LogP contribution in [-0.2, 0) is 0 Å². The number of hydrogen-bond donors (Lipinski definition) is 1. The van der Waals surface area contributed by atoms with Crippen LogP contribution in [0.4, 0.5) is 11.8 Å². The fourth-order valence-corrected chi connectivity index (χ4v) is 4.08. The number of thiazole rings is 1. The second-order valence-corrected chi connectivity index (χ2v) is 7.32. The van der Waals surface area contributed by atoms with Gasteiger partial charge in [-0.2, -0.15) is 10.1 Å². The highest BCUT2D eigenvalue weighted by molar-refractivity contribution is 7.15. The fraction of sp³-hybridized carbons (Fsp3) is 0.158. The number of hydrogen-bond acceptors (Lipinski definition) is 6. The molecule has 0 atom stereocenters. The summed E-state index contributed by atoms with van der Waals surface area (Å²) in [6, 6.07) is 12.0. The Hall–Kier alpha value is -3.26. The monoisotopic (exact) mass is 375 g/mol. The van der Waals surface area contributed by atoms with Gasteiger partial charge in [0.1, 0.15) is 5.82 Å². The fourth-order valence-electron chi connectivity index (χ4n) is 3.28. The molecule has 0 aliphatic rings. The Morgan fingerprint density at radius 1 is 1.00 bits per heavy atom. The van der Waals surface area contributed by atoms with E-state index in [1.165, 1.54) is 0 Å². The van der Waals surface area contributed by atoms with Crippen molar-refractivity contribution in [3.05, 3.63) is 58.7 Å². The lowest BCUT2D eigenvalue weighted by atomic mass is 10.1. The number of anilines is 2. The zero-order valence-corrected chi connectivity index (χ0v) is 15.9. The first-order valence-electron chi connectivity index (χ1n) is 8.60. The number of benzene rings is 1. The first kappa shape index (κ1) is 16.0. The Kier molecular flexibility index (Phi) is 3.48.